The molecule has 1 aromatic rings. The second-order valence-corrected chi connectivity index (χ2v) is 10.4. The normalized spacial score (nSPS) is 27.4. The van der Waals surface area contributed by atoms with Crippen molar-refractivity contribution in [3.8, 4) is 0 Å². The Hall–Kier alpha value is -0.830. The van der Waals surface area contributed by atoms with Crippen molar-refractivity contribution in [2.24, 2.45) is 16.8 Å². The average molecular weight is 503 g/mol. The molecule has 1 aromatic carbocycles. The van der Waals surface area contributed by atoms with E-state index in [0.29, 0.717) is 30.0 Å². The lowest BCUT2D eigenvalue weighted by Gasteiger charge is -2.23. The fraction of sp³-hybridized carbons (Fsp3) is 0.650. The summed E-state index contributed by atoms with van der Waals surface area (Å²) in [5.74, 6) is 2.51. The summed E-state index contributed by atoms with van der Waals surface area (Å²) in [5.41, 5.74) is 1.41. The molecular formula is C20H30IN3O2S. The highest BCUT2D eigenvalue weighted by molar-refractivity contribution is 14.0. The summed E-state index contributed by atoms with van der Waals surface area (Å²) in [4.78, 5) is 7.23. The molecule has 2 heterocycles. The van der Waals surface area contributed by atoms with E-state index < -0.39 is 9.84 Å². The van der Waals surface area contributed by atoms with Crippen LogP contribution in [-0.2, 0) is 16.3 Å². The van der Waals surface area contributed by atoms with E-state index in [2.05, 4.69) is 40.5 Å². The summed E-state index contributed by atoms with van der Waals surface area (Å²) < 4.78 is 23.3. The third kappa shape index (κ3) is 6.07. The zero-order chi connectivity index (χ0) is 18.0. The van der Waals surface area contributed by atoms with Gasteiger partial charge in [-0.2, -0.15) is 0 Å². The highest BCUT2D eigenvalue weighted by Gasteiger charge is 2.31. The molecule has 0 spiro atoms. The molecular weight excluding hydrogens is 473 g/mol. The third-order valence-electron chi connectivity index (χ3n) is 5.69. The van der Waals surface area contributed by atoms with Gasteiger partial charge in [0.25, 0.3) is 0 Å². The number of nitrogens with one attached hydrogen (secondary N) is 1. The van der Waals surface area contributed by atoms with Gasteiger partial charge in [-0.1, -0.05) is 30.3 Å². The lowest BCUT2D eigenvalue weighted by molar-refractivity contribution is 0.455. The number of likely N-dealkylation sites (tertiary alicyclic amines) is 1. The van der Waals surface area contributed by atoms with E-state index in [0.717, 1.165) is 31.9 Å². The third-order valence-corrected chi connectivity index (χ3v) is 7.53. The van der Waals surface area contributed by atoms with Gasteiger partial charge in [0.15, 0.2) is 15.8 Å². The van der Waals surface area contributed by atoms with Crippen LogP contribution in [0.3, 0.4) is 0 Å². The molecule has 0 amide bonds. The Morgan fingerprint density at radius 3 is 2.56 bits per heavy atom. The number of hydrogen-bond acceptors (Lipinski definition) is 3. The Labute approximate surface area is 179 Å². The van der Waals surface area contributed by atoms with Gasteiger partial charge in [-0.3, -0.25) is 4.99 Å². The van der Waals surface area contributed by atoms with Crippen molar-refractivity contribution < 1.29 is 8.42 Å². The maximum absolute atomic E-state index is 11.7. The van der Waals surface area contributed by atoms with Crippen molar-refractivity contribution in [3.63, 3.8) is 0 Å². The molecule has 2 unspecified atom stereocenters. The summed E-state index contributed by atoms with van der Waals surface area (Å²) in [6.45, 7) is 2.71. The van der Waals surface area contributed by atoms with Crippen LogP contribution in [0.5, 0.6) is 0 Å². The Morgan fingerprint density at radius 2 is 1.89 bits per heavy atom. The number of sulfone groups is 1. The number of aliphatic imine (C=N–C) groups is 1. The van der Waals surface area contributed by atoms with Crippen molar-refractivity contribution in [1.29, 1.82) is 0 Å². The van der Waals surface area contributed by atoms with Gasteiger partial charge in [0.1, 0.15) is 0 Å². The Bertz CT molecular complexity index is 750. The number of benzene rings is 1. The van der Waals surface area contributed by atoms with Gasteiger partial charge < -0.3 is 10.2 Å². The molecule has 0 bridgehead atoms. The van der Waals surface area contributed by atoms with Crippen molar-refractivity contribution in [2.75, 3.05) is 31.1 Å². The topological polar surface area (TPSA) is 61.8 Å². The molecule has 2 saturated heterocycles. The SMILES string of the molecule is I.O=S1(=O)CCC(CN=C(NC2CC2)N2CCC(Cc3ccccc3)C2)C1. The Balaban J connectivity index is 0.00000210. The number of guanidine groups is 1. The van der Waals surface area contributed by atoms with E-state index in [4.69, 9.17) is 4.99 Å². The van der Waals surface area contributed by atoms with Gasteiger partial charge in [0.05, 0.1) is 11.5 Å². The van der Waals surface area contributed by atoms with Gasteiger partial charge in [-0.05, 0) is 49.5 Å². The van der Waals surface area contributed by atoms with Crippen LogP contribution >= 0.6 is 24.0 Å². The second-order valence-electron chi connectivity index (χ2n) is 8.14. The monoisotopic (exact) mass is 503 g/mol. The highest BCUT2D eigenvalue weighted by Crippen LogP contribution is 2.24. The Kier molecular flexibility index (Phi) is 7.05. The molecule has 0 aromatic heterocycles. The van der Waals surface area contributed by atoms with Crippen LogP contribution in [0.25, 0.3) is 0 Å². The minimum Gasteiger partial charge on any atom is -0.354 e. The molecule has 2 atom stereocenters. The van der Waals surface area contributed by atoms with Crippen LogP contribution in [0.4, 0.5) is 0 Å². The maximum Gasteiger partial charge on any atom is 0.194 e. The molecule has 1 aliphatic carbocycles. The van der Waals surface area contributed by atoms with E-state index >= 15 is 0 Å². The van der Waals surface area contributed by atoms with E-state index in [-0.39, 0.29) is 29.9 Å². The molecule has 7 heteroatoms. The molecule has 27 heavy (non-hydrogen) atoms. The molecule has 0 radical (unpaired) electrons. The molecule has 1 N–H and O–H groups in total. The maximum atomic E-state index is 11.7. The van der Waals surface area contributed by atoms with Crippen molar-refractivity contribution in [1.82, 2.24) is 10.2 Å². The van der Waals surface area contributed by atoms with Crippen molar-refractivity contribution >= 4 is 39.8 Å². The molecule has 5 nitrogen and oxygen atoms in total. The van der Waals surface area contributed by atoms with Crippen LogP contribution < -0.4 is 5.32 Å². The summed E-state index contributed by atoms with van der Waals surface area (Å²) in [7, 11) is -2.82. The summed E-state index contributed by atoms with van der Waals surface area (Å²) in [6, 6.07) is 11.3. The minimum absolute atomic E-state index is 0. The lowest BCUT2D eigenvalue weighted by atomic mass is 9.99. The van der Waals surface area contributed by atoms with E-state index in [9.17, 15) is 8.42 Å². The first-order valence-electron chi connectivity index (χ1n) is 9.88. The summed E-state index contributed by atoms with van der Waals surface area (Å²) in [6.07, 6.45) is 5.52. The standard InChI is InChI=1S/C20H29N3O2S.HI/c24-26(25)11-9-18(15-26)13-21-20(22-19-6-7-19)23-10-8-17(14-23)12-16-4-2-1-3-5-16;/h1-5,17-19H,6-15H2,(H,21,22);1H. The largest absolute Gasteiger partial charge is 0.354 e. The number of nitrogens with zero attached hydrogens (tertiary/aromatic N) is 2. The predicted octanol–water partition coefficient (Wildman–Crippen LogP) is 2.71. The van der Waals surface area contributed by atoms with E-state index in [1.165, 1.54) is 24.8 Å². The van der Waals surface area contributed by atoms with Crippen molar-refractivity contribution in [3.05, 3.63) is 35.9 Å². The highest BCUT2D eigenvalue weighted by atomic mass is 127. The van der Waals surface area contributed by atoms with Crippen LogP contribution in [0.15, 0.2) is 35.3 Å². The second kappa shape index (κ2) is 9.11. The van der Waals surface area contributed by atoms with Gasteiger partial charge in [-0.25, -0.2) is 8.42 Å². The molecule has 4 rings (SSSR count). The van der Waals surface area contributed by atoms with Gasteiger partial charge in [0, 0.05) is 25.7 Å². The first-order valence-corrected chi connectivity index (χ1v) is 11.7. The first-order chi connectivity index (χ1) is 12.6. The van der Waals surface area contributed by atoms with Crippen molar-refractivity contribution in [2.45, 2.75) is 38.1 Å². The molecule has 3 fully saturated rings. The molecule has 1 saturated carbocycles. The van der Waals surface area contributed by atoms with Crippen LogP contribution in [0.1, 0.15) is 31.2 Å². The number of hydrogen-bond donors (Lipinski definition) is 1. The fourth-order valence-corrected chi connectivity index (χ4v) is 5.87. The fourth-order valence-electron chi connectivity index (χ4n) is 4.02. The quantitative estimate of drug-likeness (QED) is 0.382. The van der Waals surface area contributed by atoms with Gasteiger partial charge >= 0.3 is 0 Å². The zero-order valence-corrected chi connectivity index (χ0v) is 18.9. The van der Waals surface area contributed by atoms with Crippen LogP contribution in [-0.4, -0.2) is 56.5 Å². The van der Waals surface area contributed by atoms with Gasteiger partial charge in [-0.15, -0.1) is 24.0 Å². The smallest absolute Gasteiger partial charge is 0.194 e. The van der Waals surface area contributed by atoms with Crippen LogP contribution in [0, 0.1) is 11.8 Å². The van der Waals surface area contributed by atoms with E-state index in [1.807, 2.05) is 0 Å². The molecule has 2 aliphatic heterocycles. The van der Waals surface area contributed by atoms with Crippen LogP contribution in [0.2, 0.25) is 0 Å². The molecule has 3 aliphatic rings. The van der Waals surface area contributed by atoms with Gasteiger partial charge in [0.2, 0.25) is 0 Å². The Morgan fingerprint density at radius 1 is 1.11 bits per heavy atom. The average Bonchev–Trinajstić information content (AvgIpc) is 3.21. The zero-order valence-electron chi connectivity index (χ0n) is 15.7. The molecule has 150 valence electrons. The summed E-state index contributed by atoms with van der Waals surface area (Å²) >= 11 is 0. The first kappa shape index (κ1) is 20.9. The lowest BCUT2D eigenvalue weighted by Crippen LogP contribution is -2.41. The number of halogens is 1. The van der Waals surface area contributed by atoms with E-state index in [1.54, 1.807) is 0 Å². The minimum atomic E-state index is -2.82. The summed E-state index contributed by atoms with van der Waals surface area (Å²) in [5, 5.41) is 3.59. The number of rotatable bonds is 5. The predicted molar refractivity (Wildman–Crippen MR) is 120 cm³/mol.